The van der Waals surface area contributed by atoms with Crippen molar-refractivity contribution < 1.29 is 4.79 Å². The van der Waals surface area contributed by atoms with E-state index >= 15 is 0 Å². The van der Waals surface area contributed by atoms with E-state index in [1.165, 1.54) is 6.07 Å². The van der Waals surface area contributed by atoms with Crippen LogP contribution in [0.25, 0.3) is 0 Å². The van der Waals surface area contributed by atoms with E-state index in [9.17, 15) is 4.79 Å². The Morgan fingerprint density at radius 2 is 2.33 bits per heavy atom. The average Bonchev–Trinajstić information content (AvgIpc) is 2.03. The number of anilines is 1. The number of urea groups is 1. The average molecular weight is 160 g/mol. The van der Waals surface area contributed by atoms with E-state index in [1.54, 1.807) is 18.2 Å². The van der Waals surface area contributed by atoms with Gasteiger partial charge in [-0.3, -0.25) is 0 Å². The van der Waals surface area contributed by atoms with Gasteiger partial charge in [-0.2, -0.15) is 5.26 Å². The fourth-order valence-electron chi connectivity index (χ4n) is 0.798. The molecular weight excluding hydrogens is 154 g/mol. The van der Waals surface area contributed by atoms with Crippen molar-refractivity contribution >= 4 is 11.7 Å². The standard InChI is InChI=1S/C8H6N3O/c9-5-6-2-1-3-7(4-6)11-8(10)12/h1-4,10H,(H,11,12). The van der Waals surface area contributed by atoms with E-state index in [2.05, 4.69) is 5.32 Å². The van der Waals surface area contributed by atoms with Crippen LogP contribution in [0.1, 0.15) is 5.56 Å². The Balaban J connectivity index is 2.88. The molecule has 1 radical (unpaired) electrons. The summed E-state index contributed by atoms with van der Waals surface area (Å²) in [5, 5.41) is 10.7. The number of hydrogen-bond acceptors (Lipinski definition) is 2. The molecule has 0 bridgehead atoms. The van der Waals surface area contributed by atoms with Gasteiger partial charge in [0.25, 0.3) is 0 Å². The smallest absolute Gasteiger partial charge is 0.307 e. The van der Waals surface area contributed by atoms with Crippen LogP contribution in [0.4, 0.5) is 10.5 Å². The summed E-state index contributed by atoms with van der Waals surface area (Å²) in [7, 11) is 0. The van der Waals surface area contributed by atoms with Crippen LogP contribution in [0.15, 0.2) is 24.3 Å². The highest BCUT2D eigenvalue weighted by Crippen LogP contribution is 2.08. The van der Waals surface area contributed by atoms with Gasteiger partial charge in [0.2, 0.25) is 0 Å². The first kappa shape index (κ1) is 8.08. The van der Waals surface area contributed by atoms with Crippen LogP contribution in [0, 0.1) is 11.3 Å². The van der Waals surface area contributed by atoms with Gasteiger partial charge < -0.3 is 5.32 Å². The molecule has 4 nitrogen and oxygen atoms in total. The van der Waals surface area contributed by atoms with Crippen molar-refractivity contribution in [2.75, 3.05) is 5.32 Å². The molecule has 0 fully saturated rings. The first-order chi connectivity index (χ1) is 5.72. The summed E-state index contributed by atoms with van der Waals surface area (Å²) in [6.45, 7) is 0. The molecule has 2 N–H and O–H groups in total. The second-order valence-electron chi connectivity index (χ2n) is 2.15. The molecule has 1 aromatic rings. The van der Waals surface area contributed by atoms with Crippen LogP contribution in [0.2, 0.25) is 0 Å². The van der Waals surface area contributed by atoms with Crippen molar-refractivity contribution in [2.24, 2.45) is 0 Å². The molecule has 0 atom stereocenters. The molecule has 0 aliphatic rings. The summed E-state index contributed by atoms with van der Waals surface area (Å²) in [5.41, 5.74) is 7.54. The van der Waals surface area contributed by atoms with E-state index in [4.69, 9.17) is 11.0 Å². The molecule has 0 aliphatic carbocycles. The zero-order valence-electron chi connectivity index (χ0n) is 6.16. The minimum Gasteiger partial charge on any atom is -0.307 e. The number of nitrogens with one attached hydrogen (secondary N) is 2. The van der Waals surface area contributed by atoms with E-state index < -0.39 is 6.03 Å². The van der Waals surface area contributed by atoms with Crippen LogP contribution in [-0.2, 0) is 0 Å². The lowest BCUT2D eigenvalue weighted by Gasteiger charge is -1.99. The zero-order valence-corrected chi connectivity index (χ0v) is 6.16. The SMILES string of the molecule is N#Cc1cccc(NC([NH])=O)c1. The van der Waals surface area contributed by atoms with Gasteiger partial charge in [-0.05, 0) is 18.2 Å². The summed E-state index contributed by atoms with van der Waals surface area (Å²) < 4.78 is 0. The molecular formula is C8H6N3O. The maximum absolute atomic E-state index is 10.3. The Hall–Kier alpha value is -2.02. The van der Waals surface area contributed by atoms with Crippen molar-refractivity contribution in [3.05, 3.63) is 29.8 Å². The van der Waals surface area contributed by atoms with Crippen LogP contribution >= 0.6 is 0 Å². The van der Waals surface area contributed by atoms with Gasteiger partial charge in [-0.25, -0.2) is 10.5 Å². The highest BCUT2D eigenvalue weighted by Gasteiger charge is 1.96. The van der Waals surface area contributed by atoms with E-state index in [1.807, 2.05) is 6.07 Å². The first-order valence-corrected chi connectivity index (χ1v) is 3.25. The molecule has 0 unspecified atom stereocenters. The molecule has 2 amide bonds. The van der Waals surface area contributed by atoms with E-state index in [0.29, 0.717) is 11.3 Å². The molecule has 0 aliphatic heterocycles. The van der Waals surface area contributed by atoms with Gasteiger partial charge in [0, 0.05) is 5.69 Å². The van der Waals surface area contributed by atoms with Crippen molar-refractivity contribution in [1.82, 2.24) is 5.73 Å². The van der Waals surface area contributed by atoms with Crippen LogP contribution in [0.3, 0.4) is 0 Å². The maximum Gasteiger partial charge on any atom is 0.337 e. The van der Waals surface area contributed by atoms with Gasteiger partial charge in [0.1, 0.15) is 0 Å². The molecule has 0 aromatic heterocycles. The monoisotopic (exact) mass is 160 g/mol. The van der Waals surface area contributed by atoms with Gasteiger partial charge in [-0.1, -0.05) is 6.07 Å². The summed E-state index contributed by atoms with van der Waals surface area (Å²) >= 11 is 0. The summed E-state index contributed by atoms with van der Waals surface area (Å²) in [6, 6.07) is 7.44. The molecule has 0 heterocycles. The third-order valence-corrected chi connectivity index (χ3v) is 1.25. The molecule has 0 saturated heterocycles. The third-order valence-electron chi connectivity index (χ3n) is 1.25. The van der Waals surface area contributed by atoms with Crippen molar-refractivity contribution in [3.63, 3.8) is 0 Å². The second-order valence-corrected chi connectivity index (χ2v) is 2.15. The fraction of sp³-hybridized carbons (Fsp3) is 0. The van der Waals surface area contributed by atoms with Gasteiger partial charge in [0.15, 0.2) is 0 Å². The minimum absolute atomic E-state index is 0.459. The topological polar surface area (TPSA) is 76.7 Å². The highest BCUT2D eigenvalue weighted by atomic mass is 16.2. The number of amides is 2. The van der Waals surface area contributed by atoms with Crippen molar-refractivity contribution in [2.45, 2.75) is 0 Å². The number of carbonyl (C=O) groups excluding carboxylic acids is 1. The third kappa shape index (κ3) is 1.99. The predicted octanol–water partition coefficient (Wildman–Crippen LogP) is 1.37. The fourth-order valence-corrected chi connectivity index (χ4v) is 0.798. The van der Waals surface area contributed by atoms with Crippen LogP contribution in [-0.4, -0.2) is 6.03 Å². The number of nitriles is 1. The molecule has 1 rings (SSSR count). The lowest BCUT2D eigenvalue weighted by atomic mass is 10.2. The maximum atomic E-state index is 10.3. The largest absolute Gasteiger partial charge is 0.337 e. The lowest BCUT2D eigenvalue weighted by Crippen LogP contribution is -2.09. The van der Waals surface area contributed by atoms with Crippen LogP contribution in [0.5, 0.6) is 0 Å². The zero-order chi connectivity index (χ0) is 8.97. The summed E-state index contributed by atoms with van der Waals surface area (Å²) in [5.74, 6) is 0. The predicted molar refractivity (Wildman–Crippen MR) is 43.3 cm³/mol. The summed E-state index contributed by atoms with van der Waals surface area (Å²) in [4.78, 5) is 10.3. The number of benzene rings is 1. The second kappa shape index (κ2) is 3.39. The van der Waals surface area contributed by atoms with Gasteiger partial charge in [-0.15, -0.1) is 0 Å². The van der Waals surface area contributed by atoms with Crippen molar-refractivity contribution in [1.29, 1.82) is 5.26 Å². The van der Waals surface area contributed by atoms with Gasteiger partial charge in [0.05, 0.1) is 11.6 Å². The molecule has 1 aromatic carbocycles. The van der Waals surface area contributed by atoms with Gasteiger partial charge >= 0.3 is 6.03 Å². The minimum atomic E-state index is -0.884. The van der Waals surface area contributed by atoms with E-state index in [0.717, 1.165) is 0 Å². The molecule has 59 valence electrons. The highest BCUT2D eigenvalue weighted by molar-refractivity contribution is 5.87. The summed E-state index contributed by atoms with van der Waals surface area (Å²) in [6.07, 6.45) is 0. The lowest BCUT2D eigenvalue weighted by molar-refractivity contribution is 0.258. The number of rotatable bonds is 1. The van der Waals surface area contributed by atoms with Crippen LogP contribution < -0.4 is 11.1 Å². The number of hydrogen-bond donors (Lipinski definition) is 1. The first-order valence-electron chi connectivity index (χ1n) is 3.25. The van der Waals surface area contributed by atoms with Crippen molar-refractivity contribution in [3.8, 4) is 6.07 Å². The normalized spacial score (nSPS) is 8.58. The molecule has 12 heavy (non-hydrogen) atoms. The Morgan fingerprint density at radius 1 is 1.58 bits per heavy atom. The Bertz CT molecular complexity index is 340. The number of carbonyl (C=O) groups is 1. The Morgan fingerprint density at radius 3 is 2.92 bits per heavy atom. The quantitative estimate of drug-likeness (QED) is 0.673. The Kier molecular flexibility index (Phi) is 2.29. The Labute approximate surface area is 69.6 Å². The molecule has 4 heteroatoms. The van der Waals surface area contributed by atoms with E-state index in [-0.39, 0.29) is 0 Å². The molecule has 0 saturated carbocycles. The number of nitrogens with zero attached hydrogens (tertiary/aromatic N) is 1. The molecule has 0 spiro atoms.